The van der Waals surface area contributed by atoms with Gasteiger partial charge in [-0.05, 0) is 18.3 Å². The van der Waals surface area contributed by atoms with Gasteiger partial charge in [0.25, 0.3) is 0 Å². The standard InChI is InChI=1S/C16H35N3O/c1-5-16(6-2,13-17-15(3)4)14-19-9-7-18(8-10-19)11-12-20/h15,17,20H,5-14H2,1-4H3. The summed E-state index contributed by atoms with van der Waals surface area (Å²) in [5.74, 6) is 0. The van der Waals surface area contributed by atoms with Crippen molar-refractivity contribution in [2.75, 3.05) is 52.4 Å². The summed E-state index contributed by atoms with van der Waals surface area (Å²) in [6.07, 6.45) is 2.47. The Kier molecular flexibility index (Phi) is 8.03. The maximum Gasteiger partial charge on any atom is 0.0558 e. The zero-order valence-electron chi connectivity index (χ0n) is 14.0. The molecule has 0 spiro atoms. The van der Waals surface area contributed by atoms with Gasteiger partial charge in [0.2, 0.25) is 0 Å². The average Bonchev–Trinajstić information content (AvgIpc) is 2.46. The van der Waals surface area contributed by atoms with E-state index in [1.54, 1.807) is 0 Å². The molecule has 4 nitrogen and oxygen atoms in total. The number of aliphatic hydroxyl groups excluding tert-OH is 1. The Morgan fingerprint density at radius 1 is 1.05 bits per heavy atom. The molecule has 0 bridgehead atoms. The van der Waals surface area contributed by atoms with Crippen LogP contribution in [0.4, 0.5) is 0 Å². The normalized spacial score (nSPS) is 18.9. The van der Waals surface area contributed by atoms with E-state index in [-0.39, 0.29) is 6.61 Å². The quantitative estimate of drug-likeness (QED) is 0.672. The molecular weight excluding hydrogens is 250 g/mol. The Morgan fingerprint density at radius 3 is 2.05 bits per heavy atom. The molecule has 0 radical (unpaired) electrons. The molecule has 0 saturated carbocycles. The fraction of sp³-hybridized carbons (Fsp3) is 1.00. The molecule has 0 unspecified atom stereocenters. The maximum atomic E-state index is 9.01. The Bertz CT molecular complexity index is 246. The summed E-state index contributed by atoms with van der Waals surface area (Å²) in [6.45, 7) is 17.0. The molecule has 0 aromatic heterocycles. The van der Waals surface area contributed by atoms with Crippen LogP contribution in [0.3, 0.4) is 0 Å². The first kappa shape index (κ1) is 17.9. The Morgan fingerprint density at radius 2 is 1.60 bits per heavy atom. The number of hydrogen-bond acceptors (Lipinski definition) is 4. The van der Waals surface area contributed by atoms with Crippen LogP contribution in [0.1, 0.15) is 40.5 Å². The summed E-state index contributed by atoms with van der Waals surface area (Å²) < 4.78 is 0. The van der Waals surface area contributed by atoms with Crippen LogP contribution in [-0.2, 0) is 0 Å². The molecule has 0 amide bonds. The van der Waals surface area contributed by atoms with Crippen molar-refractivity contribution in [1.82, 2.24) is 15.1 Å². The smallest absolute Gasteiger partial charge is 0.0558 e. The van der Waals surface area contributed by atoms with Crippen molar-refractivity contribution in [3.05, 3.63) is 0 Å². The summed E-state index contributed by atoms with van der Waals surface area (Å²) in [6, 6.07) is 0.564. The number of nitrogens with one attached hydrogen (secondary N) is 1. The zero-order valence-corrected chi connectivity index (χ0v) is 14.0. The number of nitrogens with zero attached hydrogens (tertiary/aromatic N) is 2. The number of β-amino-alcohol motifs (C(OH)–C–C–N with tert-alkyl or cyclic N) is 1. The van der Waals surface area contributed by atoms with Crippen molar-refractivity contribution in [3.63, 3.8) is 0 Å². The minimum atomic E-state index is 0.284. The molecular formula is C16H35N3O. The predicted octanol–water partition coefficient (Wildman–Crippen LogP) is 1.40. The molecule has 4 heteroatoms. The lowest BCUT2D eigenvalue weighted by Crippen LogP contribution is -2.52. The molecule has 1 rings (SSSR count). The van der Waals surface area contributed by atoms with Crippen LogP contribution in [0.15, 0.2) is 0 Å². The topological polar surface area (TPSA) is 38.7 Å². The second kappa shape index (κ2) is 8.98. The summed E-state index contributed by atoms with van der Waals surface area (Å²) in [4.78, 5) is 4.98. The Labute approximate surface area is 125 Å². The molecule has 120 valence electrons. The van der Waals surface area contributed by atoms with E-state index in [1.807, 2.05) is 0 Å². The SMILES string of the molecule is CCC(CC)(CNC(C)C)CN1CCN(CCO)CC1. The second-order valence-electron chi connectivity index (χ2n) is 6.58. The number of hydrogen-bond donors (Lipinski definition) is 2. The first-order valence-electron chi connectivity index (χ1n) is 8.34. The van der Waals surface area contributed by atoms with E-state index in [0.29, 0.717) is 11.5 Å². The summed E-state index contributed by atoms with van der Waals surface area (Å²) in [7, 11) is 0. The zero-order chi connectivity index (χ0) is 15.0. The molecule has 0 atom stereocenters. The third kappa shape index (κ3) is 5.68. The van der Waals surface area contributed by atoms with Gasteiger partial charge in [0.1, 0.15) is 0 Å². The highest BCUT2D eigenvalue weighted by molar-refractivity contribution is 4.85. The largest absolute Gasteiger partial charge is 0.395 e. The fourth-order valence-electron chi connectivity index (χ4n) is 2.99. The van der Waals surface area contributed by atoms with Gasteiger partial charge < -0.3 is 15.3 Å². The average molecular weight is 285 g/mol. The molecule has 2 N–H and O–H groups in total. The summed E-state index contributed by atoms with van der Waals surface area (Å²) in [5, 5.41) is 12.6. The minimum Gasteiger partial charge on any atom is -0.395 e. The van der Waals surface area contributed by atoms with Crippen LogP contribution in [0, 0.1) is 5.41 Å². The van der Waals surface area contributed by atoms with E-state index >= 15 is 0 Å². The predicted molar refractivity (Wildman–Crippen MR) is 86.1 cm³/mol. The van der Waals surface area contributed by atoms with Crippen LogP contribution < -0.4 is 5.32 Å². The summed E-state index contributed by atoms with van der Waals surface area (Å²) >= 11 is 0. The van der Waals surface area contributed by atoms with E-state index in [4.69, 9.17) is 5.11 Å². The van der Waals surface area contributed by atoms with E-state index in [1.165, 1.54) is 19.4 Å². The third-order valence-corrected chi connectivity index (χ3v) is 4.83. The molecule has 0 aromatic rings. The van der Waals surface area contributed by atoms with Crippen molar-refractivity contribution >= 4 is 0 Å². The van der Waals surface area contributed by atoms with Gasteiger partial charge in [-0.3, -0.25) is 4.90 Å². The number of aliphatic hydroxyl groups is 1. The van der Waals surface area contributed by atoms with Gasteiger partial charge in [0.05, 0.1) is 6.61 Å². The molecule has 0 aliphatic carbocycles. The molecule has 1 aliphatic rings. The van der Waals surface area contributed by atoms with Gasteiger partial charge in [0.15, 0.2) is 0 Å². The lowest BCUT2D eigenvalue weighted by molar-refractivity contribution is 0.0695. The Balaban J connectivity index is 2.46. The Hall–Kier alpha value is -0.160. The molecule has 1 aliphatic heterocycles. The van der Waals surface area contributed by atoms with Gasteiger partial charge >= 0.3 is 0 Å². The van der Waals surface area contributed by atoms with Crippen molar-refractivity contribution in [1.29, 1.82) is 0 Å². The fourth-order valence-corrected chi connectivity index (χ4v) is 2.99. The maximum absolute atomic E-state index is 9.01. The van der Waals surface area contributed by atoms with E-state index in [9.17, 15) is 0 Å². The van der Waals surface area contributed by atoms with Gasteiger partial charge in [-0.15, -0.1) is 0 Å². The lowest BCUT2D eigenvalue weighted by Gasteiger charge is -2.41. The molecule has 1 heterocycles. The van der Waals surface area contributed by atoms with Crippen LogP contribution in [0.5, 0.6) is 0 Å². The van der Waals surface area contributed by atoms with Crippen LogP contribution in [0.2, 0.25) is 0 Å². The van der Waals surface area contributed by atoms with Gasteiger partial charge in [-0.1, -0.05) is 27.7 Å². The van der Waals surface area contributed by atoms with Crippen LogP contribution in [0.25, 0.3) is 0 Å². The van der Waals surface area contributed by atoms with Crippen LogP contribution in [-0.4, -0.2) is 73.4 Å². The van der Waals surface area contributed by atoms with Crippen molar-refractivity contribution in [3.8, 4) is 0 Å². The van der Waals surface area contributed by atoms with Gasteiger partial charge in [-0.2, -0.15) is 0 Å². The monoisotopic (exact) mass is 285 g/mol. The minimum absolute atomic E-state index is 0.284. The first-order valence-corrected chi connectivity index (χ1v) is 8.34. The highest BCUT2D eigenvalue weighted by atomic mass is 16.3. The lowest BCUT2D eigenvalue weighted by atomic mass is 9.81. The number of piperazine rings is 1. The highest BCUT2D eigenvalue weighted by Crippen LogP contribution is 2.27. The summed E-state index contributed by atoms with van der Waals surface area (Å²) in [5.41, 5.74) is 0.406. The van der Waals surface area contributed by atoms with Crippen LogP contribution >= 0.6 is 0 Å². The van der Waals surface area contributed by atoms with Crippen molar-refractivity contribution in [2.24, 2.45) is 5.41 Å². The number of rotatable bonds is 9. The first-order chi connectivity index (χ1) is 9.55. The van der Waals surface area contributed by atoms with Gasteiger partial charge in [-0.25, -0.2) is 0 Å². The highest BCUT2D eigenvalue weighted by Gasteiger charge is 2.30. The van der Waals surface area contributed by atoms with E-state index in [2.05, 4.69) is 42.8 Å². The van der Waals surface area contributed by atoms with E-state index < -0.39 is 0 Å². The van der Waals surface area contributed by atoms with Crippen molar-refractivity contribution in [2.45, 2.75) is 46.6 Å². The molecule has 1 saturated heterocycles. The molecule has 0 aromatic carbocycles. The van der Waals surface area contributed by atoms with E-state index in [0.717, 1.165) is 39.3 Å². The molecule has 20 heavy (non-hydrogen) atoms. The van der Waals surface area contributed by atoms with Crippen molar-refractivity contribution < 1.29 is 5.11 Å². The third-order valence-electron chi connectivity index (χ3n) is 4.83. The second-order valence-corrected chi connectivity index (χ2v) is 6.58. The van der Waals surface area contributed by atoms with Gasteiger partial charge in [0, 0.05) is 51.9 Å². The molecule has 1 fully saturated rings.